The smallest absolute Gasteiger partial charge is 0.166 e. The lowest BCUT2D eigenvalue weighted by Gasteiger charge is -2.16. The average molecular weight is 781 g/mol. The van der Waals surface area contributed by atoms with Crippen LogP contribution in [0, 0.1) is 0 Å². The molecule has 61 heavy (non-hydrogen) atoms. The fourth-order valence-electron chi connectivity index (χ4n) is 9.19. The van der Waals surface area contributed by atoms with Crippen molar-refractivity contribution in [3.05, 3.63) is 194 Å². The summed E-state index contributed by atoms with van der Waals surface area (Å²) in [6.07, 6.45) is 0. The number of benzene rings is 9. The molecule has 13 rings (SSSR count). The minimum Gasteiger partial charge on any atom is -0.456 e. The maximum absolute atomic E-state index is 6.59. The summed E-state index contributed by atoms with van der Waals surface area (Å²) in [6.45, 7) is 0. The number of fused-ring (bicyclic) bond motifs is 10. The number of nitrogens with zero attached hydrogens (tertiary/aromatic N) is 4. The summed E-state index contributed by atoms with van der Waals surface area (Å²) in [6, 6.07) is 67.4. The molecule has 284 valence electrons. The molecule has 0 saturated heterocycles. The third-order valence-corrected chi connectivity index (χ3v) is 12.0. The Kier molecular flexibility index (Phi) is 7.21. The zero-order valence-electron chi connectivity index (χ0n) is 32.6. The molecule has 0 aliphatic carbocycles. The SMILES string of the molecule is c1ccc(-c2ccc(-c3nc(-c4ccc5c(c4)oc4ccccc45)nc(-c4c(-n5c6ccccc6c6cc7ccccc7cc65)ccc5oc6ccccc6c45)n3)cc2)cc1. The average Bonchev–Trinajstić information content (AvgIpc) is 4.00. The van der Waals surface area contributed by atoms with E-state index < -0.39 is 0 Å². The standard InChI is InChI=1S/C55H32N4O2/c1-2-12-33(13-3-1)34-22-24-35(25-23-34)53-56-54(38-26-27-41-40-17-7-10-20-47(40)61-50(41)32-38)58-55(57-53)52-45(28-29-49-51(52)42-18-8-11-21-48(42)60-49)59-44-19-9-6-16-39(44)43-30-36-14-4-5-15-37(36)31-46(43)59/h1-32H. The van der Waals surface area contributed by atoms with Gasteiger partial charge in [-0.3, -0.25) is 0 Å². The number of rotatable bonds is 5. The summed E-state index contributed by atoms with van der Waals surface area (Å²) in [4.78, 5) is 16.1. The number of aromatic nitrogens is 4. The fraction of sp³-hybridized carbons (Fsp3) is 0. The van der Waals surface area contributed by atoms with Crippen molar-refractivity contribution in [2.24, 2.45) is 0 Å². The minimum atomic E-state index is 0.538. The Morgan fingerprint density at radius 1 is 0.328 bits per heavy atom. The summed E-state index contributed by atoms with van der Waals surface area (Å²) in [5.74, 6) is 1.64. The Bertz CT molecular complexity index is 3880. The van der Waals surface area contributed by atoms with Crippen molar-refractivity contribution in [1.29, 1.82) is 0 Å². The highest BCUT2D eigenvalue weighted by Crippen LogP contribution is 2.44. The van der Waals surface area contributed by atoms with Crippen LogP contribution in [0.15, 0.2) is 203 Å². The first-order valence-corrected chi connectivity index (χ1v) is 20.4. The highest BCUT2D eigenvalue weighted by Gasteiger charge is 2.25. The van der Waals surface area contributed by atoms with Crippen LogP contribution in [0.4, 0.5) is 0 Å². The van der Waals surface area contributed by atoms with Crippen LogP contribution in [0.1, 0.15) is 0 Å². The van der Waals surface area contributed by atoms with Gasteiger partial charge in [0, 0.05) is 43.4 Å². The molecule has 0 bridgehead atoms. The number of furan rings is 2. The van der Waals surface area contributed by atoms with Gasteiger partial charge in [-0.15, -0.1) is 0 Å². The topological polar surface area (TPSA) is 69.9 Å². The second-order valence-electron chi connectivity index (χ2n) is 15.6. The molecule has 0 saturated carbocycles. The van der Waals surface area contributed by atoms with E-state index in [1.165, 1.54) is 21.5 Å². The van der Waals surface area contributed by atoms with Gasteiger partial charge in [-0.05, 0) is 76.5 Å². The Hall–Kier alpha value is -8.35. The lowest BCUT2D eigenvalue weighted by atomic mass is 10.0. The number of hydrogen-bond acceptors (Lipinski definition) is 5. The molecule has 4 heterocycles. The first kappa shape index (κ1) is 33.6. The van der Waals surface area contributed by atoms with Gasteiger partial charge in [0.25, 0.3) is 0 Å². The van der Waals surface area contributed by atoms with Crippen LogP contribution in [-0.2, 0) is 0 Å². The third-order valence-electron chi connectivity index (χ3n) is 12.0. The Labute approximate surface area is 348 Å². The van der Waals surface area contributed by atoms with E-state index in [1.54, 1.807) is 0 Å². The molecule has 4 aromatic heterocycles. The van der Waals surface area contributed by atoms with Crippen molar-refractivity contribution in [1.82, 2.24) is 19.5 Å². The fourth-order valence-corrected chi connectivity index (χ4v) is 9.19. The molecule has 0 aliphatic heterocycles. The third kappa shape index (κ3) is 5.26. The molecule has 0 amide bonds. The van der Waals surface area contributed by atoms with Gasteiger partial charge in [0.1, 0.15) is 22.3 Å². The highest BCUT2D eigenvalue weighted by atomic mass is 16.3. The van der Waals surface area contributed by atoms with Gasteiger partial charge in [0.2, 0.25) is 0 Å². The van der Waals surface area contributed by atoms with Crippen molar-refractivity contribution >= 4 is 76.5 Å². The first-order valence-electron chi connectivity index (χ1n) is 20.4. The van der Waals surface area contributed by atoms with E-state index >= 15 is 0 Å². The summed E-state index contributed by atoms with van der Waals surface area (Å²) in [7, 11) is 0. The number of hydrogen-bond donors (Lipinski definition) is 0. The molecule has 0 N–H and O–H groups in total. The molecule has 0 radical (unpaired) electrons. The van der Waals surface area contributed by atoms with E-state index in [0.717, 1.165) is 88.4 Å². The van der Waals surface area contributed by atoms with Gasteiger partial charge in [-0.2, -0.15) is 0 Å². The summed E-state index contributed by atoms with van der Waals surface area (Å²) in [5, 5.41) is 8.74. The predicted octanol–water partition coefficient (Wildman–Crippen LogP) is 14.6. The summed E-state index contributed by atoms with van der Waals surface area (Å²) >= 11 is 0. The monoisotopic (exact) mass is 780 g/mol. The molecule has 0 atom stereocenters. The van der Waals surface area contributed by atoms with E-state index in [-0.39, 0.29) is 0 Å². The van der Waals surface area contributed by atoms with Gasteiger partial charge in [0.05, 0.1) is 22.3 Å². The zero-order chi connectivity index (χ0) is 40.0. The van der Waals surface area contributed by atoms with E-state index in [2.05, 4.69) is 156 Å². The molecular weight excluding hydrogens is 749 g/mol. The molecule has 13 aromatic rings. The second kappa shape index (κ2) is 13.1. The predicted molar refractivity (Wildman–Crippen MR) is 248 cm³/mol. The lowest BCUT2D eigenvalue weighted by Crippen LogP contribution is -2.04. The van der Waals surface area contributed by atoms with Gasteiger partial charge >= 0.3 is 0 Å². The molecule has 6 nitrogen and oxygen atoms in total. The second-order valence-corrected chi connectivity index (χ2v) is 15.6. The highest BCUT2D eigenvalue weighted by molar-refractivity contribution is 6.17. The van der Waals surface area contributed by atoms with E-state index in [9.17, 15) is 0 Å². The number of para-hydroxylation sites is 3. The van der Waals surface area contributed by atoms with Crippen molar-refractivity contribution in [3.8, 4) is 51.0 Å². The molecule has 0 fully saturated rings. The van der Waals surface area contributed by atoms with Crippen LogP contribution in [0.5, 0.6) is 0 Å². The molecule has 6 heteroatoms. The molecule has 9 aromatic carbocycles. The normalized spacial score (nSPS) is 11.9. The van der Waals surface area contributed by atoms with Gasteiger partial charge < -0.3 is 13.4 Å². The largest absolute Gasteiger partial charge is 0.456 e. The van der Waals surface area contributed by atoms with Gasteiger partial charge in [0.15, 0.2) is 17.5 Å². The Balaban J connectivity index is 1.12. The van der Waals surface area contributed by atoms with Crippen LogP contribution in [-0.4, -0.2) is 19.5 Å². The maximum atomic E-state index is 6.59. The Morgan fingerprint density at radius 3 is 1.72 bits per heavy atom. The van der Waals surface area contributed by atoms with E-state index in [4.69, 9.17) is 23.8 Å². The quantitative estimate of drug-likeness (QED) is 0.174. The van der Waals surface area contributed by atoms with Crippen LogP contribution in [0.3, 0.4) is 0 Å². The van der Waals surface area contributed by atoms with Crippen molar-refractivity contribution in [2.75, 3.05) is 0 Å². The summed E-state index contributed by atoms with van der Waals surface area (Å²) < 4.78 is 15.3. The zero-order valence-corrected chi connectivity index (χ0v) is 32.6. The van der Waals surface area contributed by atoms with Gasteiger partial charge in [-0.1, -0.05) is 140 Å². The maximum Gasteiger partial charge on any atom is 0.166 e. The lowest BCUT2D eigenvalue weighted by molar-refractivity contribution is 0.668. The Morgan fingerprint density at radius 2 is 0.902 bits per heavy atom. The van der Waals surface area contributed by atoms with Crippen LogP contribution in [0.25, 0.3) is 127 Å². The minimum absolute atomic E-state index is 0.538. The molecule has 0 unspecified atom stereocenters. The van der Waals surface area contributed by atoms with Crippen LogP contribution in [0.2, 0.25) is 0 Å². The van der Waals surface area contributed by atoms with E-state index in [0.29, 0.717) is 17.5 Å². The first-order chi connectivity index (χ1) is 30.2. The van der Waals surface area contributed by atoms with Crippen molar-refractivity contribution < 1.29 is 8.83 Å². The van der Waals surface area contributed by atoms with Gasteiger partial charge in [-0.25, -0.2) is 15.0 Å². The van der Waals surface area contributed by atoms with E-state index in [1.807, 2.05) is 42.5 Å². The molecule has 0 aliphatic rings. The van der Waals surface area contributed by atoms with Crippen molar-refractivity contribution in [3.63, 3.8) is 0 Å². The molecular formula is C55H32N4O2. The van der Waals surface area contributed by atoms with Crippen LogP contribution < -0.4 is 0 Å². The van der Waals surface area contributed by atoms with Crippen LogP contribution >= 0.6 is 0 Å². The van der Waals surface area contributed by atoms with Crippen molar-refractivity contribution in [2.45, 2.75) is 0 Å². The summed E-state index contributed by atoms with van der Waals surface area (Å²) in [5.41, 5.74) is 11.1. The molecule has 0 spiro atoms.